The number of anilines is 1. The minimum Gasteiger partial charge on any atom is -0.333 e. The van der Waals surface area contributed by atoms with E-state index in [4.69, 9.17) is 17.3 Å². The molecule has 0 saturated heterocycles. The standard InChI is InChI=1S/C18H18ClF2N9O2/c19-16-15(17(32)24-18-25-27-28-26-18)23-13-8-29(3-4-30(13)16)14(31)7-11(22)6-9-5-10(20)1-2-12(9)21/h1-2,5,11H,3-4,6-8,22H2,(H2,24,25,26,27,28,32)/t11-/m1/s1. The first-order chi connectivity index (χ1) is 15.3. The number of nitrogens with two attached hydrogens (primary N) is 1. The van der Waals surface area contributed by atoms with Crippen LogP contribution in [0.5, 0.6) is 0 Å². The lowest BCUT2D eigenvalue weighted by Gasteiger charge is -2.29. The number of fused-ring (bicyclic) bond motifs is 1. The van der Waals surface area contributed by atoms with Crippen LogP contribution in [0.1, 0.15) is 28.3 Å². The van der Waals surface area contributed by atoms with Crippen LogP contribution in [-0.4, -0.2) is 59.5 Å². The molecule has 0 bridgehead atoms. The van der Waals surface area contributed by atoms with Crippen LogP contribution in [0.25, 0.3) is 0 Å². The Hall–Kier alpha value is -3.45. The quantitative estimate of drug-likeness (QED) is 0.489. The van der Waals surface area contributed by atoms with Crippen LogP contribution in [0, 0.1) is 11.6 Å². The number of benzene rings is 1. The van der Waals surface area contributed by atoms with Gasteiger partial charge in [-0.05, 0) is 35.4 Å². The molecular weight excluding hydrogens is 448 g/mol. The number of nitrogens with one attached hydrogen (secondary N) is 2. The Kier molecular flexibility index (Phi) is 6.10. The molecule has 1 atom stereocenters. The maximum absolute atomic E-state index is 13.8. The number of carbonyl (C=O) groups is 2. The van der Waals surface area contributed by atoms with Crippen LogP contribution in [0.4, 0.5) is 14.7 Å². The van der Waals surface area contributed by atoms with Crippen LogP contribution < -0.4 is 11.1 Å². The maximum atomic E-state index is 13.8. The van der Waals surface area contributed by atoms with Gasteiger partial charge in [0.15, 0.2) is 5.69 Å². The van der Waals surface area contributed by atoms with Gasteiger partial charge < -0.3 is 15.2 Å². The Balaban J connectivity index is 1.39. The highest BCUT2D eigenvalue weighted by Crippen LogP contribution is 2.24. The van der Waals surface area contributed by atoms with Gasteiger partial charge in [-0.25, -0.2) is 13.8 Å². The summed E-state index contributed by atoms with van der Waals surface area (Å²) in [5.41, 5.74) is 6.09. The molecule has 0 fully saturated rings. The first-order valence-corrected chi connectivity index (χ1v) is 9.96. The van der Waals surface area contributed by atoms with Crippen LogP contribution in [0.2, 0.25) is 5.15 Å². The summed E-state index contributed by atoms with van der Waals surface area (Å²) >= 11 is 6.29. The largest absolute Gasteiger partial charge is 0.333 e. The van der Waals surface area contributed by atoms with Gasteiger partial charge in [0, 0.05) is 25.6 Å². The summed E-state index contributed by atoms with van der Waals surface area (Å²) in [4.78, 5) is 30.9. The molecule has 0 radical (unpaired) electrons. The highest BCUT2D eigenvalue weighted by molar-refractivity contribution is 6.33. The van der Waals surface area contributed by atoms with E-state index in [2.05, 4.69) is 30.9 Å². The van der Waals surface area contributed by atoms with Gasteiger partial charge in [0.2, 0.25) is 5.91 Å². The molecule has 2 amide bonds. The third-order valence-corrected chi connectivity index (χ3v) is 5.36. The topological polar surface area (TPSA) is 148 Å². The summed E-state index contributed by atoms with van der Waals surface area (Å²) in [6.45, 7) is 0.778. The van der Waals surface area contributed by atoms with E-state index in [0.29, 0.717) is 18.9 Å². The molecule has 4 rings (SSSR count). The number of H-pyrrole nitrogens is 1. The van der Waals surface area contributed by atoms with Crippen LogP contribution in [0.3, 0.4) is 0 Å². The van der Waals surface area contributed by atoms with Gasteiger partial charge in [0.1, 0.15) is 22.6 Å². The second-order valence-corrected chi connectivity index (χ2v) is 7.59. The number of nitrogens with zero attached hydrogens (tertiary/aromatic N) is 6. The Bertz CT molecular complexity index is 1150. The third-order valence-electron chi connectivity index (χ3n) is 4.98. The molecule has 11 nitrogen and oxygen atoms in total. The Morgan fingerprint density at radius 3 is 2.88 bits per heavy atom. The number of tetrazole rings is 1. The molecule has 1 aromatic carbocycles. The third kappa shape index (κ3) is 4.57. The molecule has 32 heavy (non-hydrogen) atoms. The second-order valence-electron chi connectivity index (χ2n) is 7.23. The molecule has 0 spiro atoms. The SMILES string of the molecule is N[C@@H](CC(=O)N1CCn2c(nc(C(=O)Nc3nn[nH]n3)c2Cl)C1)Cc1cc(F)ccc1F. The number of aromatic amines is 1. The van der Waals surface area contributed by atoms with E-state index in [1.807, 2.05) is 0 Å². The molecule has 1 aliphatic rings. The number of aromatic nitrogens is 6. The summed E-state index contributed by atoms with van der Waals surface area (Å²) in [5.74, 6) is -1.63. The van der Waals surface area contributed by atoms with Crippen molar-refractivity contribution in [3.63, 3.8) is 0 Å². The van der Waals surface area contributed by atoms with E-state index in [-0.39, 0.29) is 47.7 Å². The summed E-state index contributed by atoms with van der Waals surface area (Å²) in [6.07, 6.45) is -0.0421. The minimum absolute atomic E-state index is 0.0179. The van der Waals surface area contributed by atoms with Crippen LogP contribution in [0.15, 0.2) is 18.2 Å². The van der Waals surface area contributed by atoms with Gasteiger partial charge in [0.25, 0.3) is 11.9 Å². The molecule has 0 aliphatic carbocycles. The van der Waals surface area contributed by atoms with Crippen LogP contribution in [-0.2, 0) is 24.3 Å². The number of carbonyl (C=O) groups excluding carboxylic acids is 2. The van der Waals surface area contributed by atoms with Crippen molar-refractivity contribution in [2.24, 2.45) is 5.73 Å². The van der Waals surface area contributed by atoms with E-state index in [0.717, 1.165) is 18.2 Å². The minimum atomic E-state index is -0.694. The van der Waals surface area contributed by atoms with Crippen molar-refractivity contribution in [3.8, 4) is 0 Å². The number of imidazole rings is 1. The number of hydrogen-bond donors (Lipinski definition) is 3. The zero-order chi connectivity index (χ0) is 22.8. The van der Waals surface area contributed by atoms with Crippen molar-refractivity contribution in [3.05, 3.63) is 52.1 Å². The summed E-state index contributed by atoms with van der Waals surface area (Å²) in [5, 5.41) is 15.4. The van der Waals surface area contributed by atoms with Gasteiger partial charge in [-0.3, -0.25) is 14.9 Å². The van der Waals surface area contributed by atoms with Gasteiger partial charge in [-0.1, -0.05) is 16.7 Å². The predicted octanol–water partition coefficient (Wildman–Crippen LogP) is 0.882. The van der Waals surface area contributed by atoms with Crippen LogP contribution >= 0.6 is 11.6 Å². The smallest absolute Gasteiger partial charge is 0.279 e. The predicted molar refractivity (Wildman–Crippen MR) is 107 cm³/mol. The normalized spacial score (nSPS) is 14.2. The summed E-state index contributed by atoms with van der Waals surface area (Å²) < 4.78 is 28.8. The fourth-order valence-electron chi connectivity index (χ4n) is 3.44. The Labute approximate surface area is 184 Å². The Morgan fingerprint density at radius 2 is 2.12 bits per heavy atom. The zero-order valence-electron chi connectivity index (χ0n) is 16.6. The molecule has 168 valence electrons. The molecule has 4 N–H and O–H groups in total. The molecular formula is C18H18ClF2N9O2. The molecule has 1 aliphatic heterocycles. The lowest BCUT2D eigenvalue weighted by Crippen LogP contribution is -2.41. The molecule has 3 heterocycles. The monoisotopic (exact) mass is 465 g/mol. The number of halogens is 3. The van der Waals surface area contributed by atoms with Crippen molar-refractivity contribution < 1.29 is 18.4 Å². The van der Waals surface area contributed by atoms with Crippen molar-refractivity contribution >= 4 is 29.4 Å². The second kappa shape index (κ2) is 8.96. The van der Waals surface area contributed by atoms with E-state index in [9.17, 15) is 18.4 Å². The van der Waals surface area contributed by atoms with Crippen molar-refractivity contribution in [2.45, 2.75) is 32.0 Å². The Morgan fingerprint density at radius 1 is 1.31 bits per heavy atom. The van der Waals surface area contributed by atoms with E-state index in [1.54, 1.807) is 4.57 Å². The molecule has 14 heteroatoms. The number of hydrogen-bond acceptors (Lipinski definition) is 7. The molecule has 3 aromatic rings. The molecule has 0 unspecified atom stereocenters. The first kappa shape index (κ1) is 21.8. The molecule has 2 aromatic heterocycles. The van der Waals surface area contributed by atoms with Gasteiger partial charge in [-0.2, -0.15) is 5.21 Å². The fourth-order valence-corrected chi connectivity index (χ4v) is 3.75. The highest BCUT2D eigenvalue weighted by atomic mass is 35.5. The van der Waals surface area contributed by atoms with E-state index in [1.165, 1.54) is 4.90 Å². The zero-order valence-corrected chi connectivity index (χ0v) is 17.3. The summed E-state index contributed by atoms with van der Waals surface area (Å²) in [6, 6.07) is 2.42. The number of amides is 2. The summed E-state index contributed by atoms with van der Waals surface area (Å²) in [7, 11) is 0. The van der Waals surface area contributed by atoms with Crippen molar-refractivity contribution in [1.29, 1.82) is 0 Å². The van der Waals surface area contributed by atoms with Gasteiger partial charge in [0.05, 0.1) is 6.54 Å². The number of rotatable bonds is 6. The van der Waals surface area contributed by atoms with E-state index >= 15 is 0 Å². The van der Waals surface area contributed by atoms with Gasteiger partial charge in [-0.15, -0.1) is 5.10 Å². The highest BCUT2D eigenvalue weighted by Gasteiger charge is 2.29. The average molecular weight is 466 g/mol. The lowest BCUT2D eigenvalue weighted by molar-refractivity contribution is -0.133. The van der Waals surface area contributed by atoms with Crippen molar-refractivity contribution in [1.82, 2.24) is 35.1 Å². The van der Waals surface area contributed by atoms with Gasteiger partial charge >= 0.3 is 0 Å². The average Bonchev–Trinajstić information content (AvgIpc) is 3.38. The molecule has 0 saturated carbocycles. The first-order valence-electron chi connectivity index (χ1n) is 9.58. The fraction of sp³-hybridized carbons (Fsp3) is 0.333. The van der Waals surface area contributed by atoms with Crippen molar-refractivity contribution in [2.75, 3.05) is 11.9 Å². The lowest BCUT2D eigenvalue weighted by atomic mass is 10.0. The van der Waals surface area contributed by atoms with E-state index < -0.39 is 23.6 Å². The maximum Gasteiger partial charge on any atom is 0.279 e.